The van der Waals surface area contributed by atoms with Gasteiger partial charge in [0.25, 0.3) is 0 Å². The smallest absolute Gasteiger partial charge is 0.235 e. The average Bonchev–Trinajstić information content (AvgIpc) is 2.93. The minimum Gasteiger partial charge on any atom is -0.270 e. The molecule has 3 rings (SSSR count). The van der Waals surface area contributed by atoms with Crippen LogP contribution in [-0.4, -0.2) is 25.7 Å². The van der Waals surface area contributed by atoms with Crippen LogP contribution in [-0.2, 0) is 16.4 Å². The first kappa shape index (κ1) is 14.8. The Morgan fingerprint density at radius 1 is 1.24 bits per heavy atom. The molecular weight excluding hydrogens is 284 g/mol. The Hall–Kier alpha value is -1.10. The Bertz CT molecular complexity index is 580. The van der Waals surface area contributed by atoms with E-state index in [-0.39, 0.29) is 5.75 Å². The molecule has 0 amide bonds. The normalized spacial score (nSPS) is 19.7. The van der Waals surface area contributed by atoms with Gasteiger partial charge in [-0.25, -0.2) is 8.42 Å². The van der Waals surface area contributed by atoms with Gasteiger partial charge < -0.3 is 0 Å². The molecule has 0 N–H and O–H groups in total. The van der Waals surface area contributed by atoms with Crippen LogP contribution in [0.15, 0.2) is 18.5 Å². The SMILES string of the molecule is O=S(=O)(CCCC1CCCCC1)N1CCc2cnccc21. The van der Waals surface area contributed by atoms with Crippen LogP contribution in [0.1, 0.15) is 50.5 Å². The number of hydrogen-bond acceptors (Lipinski definition) is 3. The molecular formula is C16H24N2O2S. The summed E-state index contributed by atoms with van der Waals surface area (Å²) in [5.41, 5.74) is 1.89. The van der Waals surface area contributed by atoms with Crippen molar-refractivity contribution in [2.75, 3.05) is 16.6 Å². The van der Waals surface area contributed by atoms with Gasteiger partial charge in [0.05, 0.1) is 11.4 Å². The van der Waals surface area contributed by atoms with Gasteiger partial charge in [-0.2, -0.15) is 0 Å². The van der Waals surface area contributed by atoms with Gasteiger partial charge in [-0.1, -0.05) is 32.1 Å². The number of pyridine rings is 1. The molecule has 4 nitrogen and oxygen atoms in total. The third-order valence-corrected chi connectivity index (χ3v) is 6.66. The summed E-state index contributed by atoms with van der Waals surface area (Å²) < 4.78 is 26.7. The van der Waals surface area contributed by atoms with Crippen LogP contribution in [0.3, 0.4) is 0 Å². The fourth-order valence-electron chi connectivity index (χ4n) is 3.63. The first-order chi connectivity index (χ1) is 10.2. The molecule has 1 aliphatic heterocycles. The molecule has 5 heteroatoms. The first-order valence-corrected chi connectivity index (χ1v) is 9.71. The van der Waals surface area contributed by atoms with E-state index in [1.165, 1.54) is 32.1 Å². The van der Waals surface area contributed by atoms with Crippen LogP contribution in [0, 0.1) is 5.92 Å². The maximum atomic E-state index is 12.5. The highest BCUT2D eigenvalue weighted by Gasteiger charge is 2.29. The molecule has 0 aromatic carbocycles. The van der Waals surface area contributed by atoms with E-state index in [1.54, 1.807) is 16.7 Å². The average molecular weight is 308 g/mol. The Labute approximate surface area is 127 Å². The molecule has 0 saturated heterocycles. The molecule has 2 aliphatic rings. The molecule has 0 spiro atoms. The van der Waals surface area contributed by atoms with Crippen molar-refractivity contribution in [3.63, 3.8) is 0 Å². The van der Waals surface area contributed by atoms with Gasteiger partial charge in [0.1, 0.15) is 0 Å². The lowest BCUT2D eigenvalue weighted by molar-refractivity contribution is 0.336. The second kappa shape index (κ2) is 6.34. The van der Waals surface area contributed by atoms with Crippen LogP contribution in [0.25, 0.3) is 0 Å². The quantitative estimate of drug-likeness (QED) is 0.839. The third-order valence-electron chi connectivity index (χ3n) is 4.81. The van der Waals surface area contributed by atoms with Crippen molar-refractivity contribution in [3.05, 3.63) is 24.0 Å². The van der Waals surface area contributed by atoms with E-state index in [0.717, 1.165) is 36.4 Å². The second-order valence-electron chi connectivity index (χ2n) is 6.29. The minimum atomic E-state index is -3.17. The van der Waals surface area contributed by atoms with Crippen molar-refractivity contribution in [1.82, 2.24) is 4.98 Å². The van der Waals surface area contributed by atoms with E-state index >= 15 is 0 Å². The maximum absolute atomic E-state index is 12.5. The predicted molar refractivity (Wildman–Crippen MR) is 84.9 cm³/mol. The van der Waals surface area contributed by atoms with Crippen molar-refractivity contribution < 1.29 is 8.42 Å². The molecule has 1 aromatic rings. The Balaban J connectivity index is 1.57. The van der Waals surface area contributed by atoms with Gasteiger partial charge in [-0.3, -0.25) is 9.29 Å². The lowest BCUT2D eigenvalue weighted by Crippen LogP contribution is -2.31. The summed E-state index contributed by atoms with van der Waals surface area (Å²) in [4.78, 5) is 4.07. The summed E-state index contributed by atoms with van der Waals surface area (Å²) in [5.74, 6) is 1.04. The monoisotopic (exact) mass is 308 g/mol. The molecule has 21 heavy (non-hydrogen) atoms. The van der Waals surface area contributed by atoms with Crippen molar-refractivity contribution in [2.24, 2.45) is 5.92 Å². The molecule has 0 radical (unpaired) electrons. The molecule has 1 aliphatic carbocycles. The van der Waals surface area contributed by atoms with Gasteiger partial charge in [0.2, 0.25) is 10.0 Å². The summed E-state index contributed by atoms with van der Waals surface area (Å²) in [6.07, 6.45) is 12.7. The minimum absolute atomic E-state index is 0.283. The number of fused-ring (bicyclic) bond motifs is 1. The van der Waals surface area contributed by atoms with Gasteiger partial charge in [-0.05, 0) is 36.8 Å². The van der Waals surface area contributed by atoms with Gasteiger partial charge in [0.15, 0.2) is 0 Å². The van der Waals surface area contributed by atoms with Gasteiger partial charge >= 0.3 is 0 Å². The van der Waals surface area contributed by atoms with E-state index < -0.39 is 10.0 Å². The molecule has 116 valence electrons. The van der Waals surface area contributed by atoms with E-state index in [1.807, 2.05) is 6.07 Å². The van der Waals surface area contributed by atoms with E-state index in [0.29, 0.717) is 6.54 Å². The maximum Gasteiger partial charge on any atom is 0.235 e. The van der Waals surface area contributed by atoms with Crippen molar-refractivity contribution in [2.45, 2.75) is 51.4 Å². The standard InChI is InChI=1S/C16H24N2O2S/c19-21(20,12-4-7-14-5-2-1-3-6-14)18-11-9-15-13-17-10-8-16(15)18/h8,10,13-14H,1-7,9,11-12H2. The zero-order chi connectivity index (χ0) is 14.7. The largest absolute Gasteiger partial charge is 0.270 e. The fraction of sp³-hybridized carbons (Fsp3) is 0.688. The zero-order valence-electron chi connectivity index (χ0n) is 12.5. The summed E-state index contributed by atoms with van der Waals surface area (Å²) in [6.45, 7) is 0.576. The van der Waals surface area contributed by atoms with Crippen LogP contribution < -0.4 is 4.31 Å². The Kier molecular flexibility index (Phi) is 4.48. The van der Waals surface area contributed by atoms with Crippen LogP contribution in [0.4, 0.5) is 5.69 Å². The fourth-order valence-corrected chi connectivity index (χ4v) is 5.23. The molecule has 1 saturated carbocycles. The number of hydrogen-bond donors (Lipinski definition) is 0. The number of rotatable bonds is 5. The number of aromatic nitrogens is 1. The van der Waals surface area contributed by atoms with E-state index in [9.17, 15) is 8.42 Å². The number of anilines is 1. The van der Waals surface area contributed by atoms with Crippen LogP contribution >= 0.6 is 0 Å². The summed E-state index contributed by atoms with van der Waals surface area (Å²) in [6, 6.07) is 1.82. The molecule has 0 bridgehead atoms. The second-order valence-corrected chi connectivity index (χ2v) is 8.30. The summed E-state index contributed by atoms with van der Waals surface area (Å²) >= 11 is 0. The molecule has 0 atom stereocenters. The van der Waals surface area contributed by atoms with E-state index in [4.69, 9.17) is 0 Å². The number of nitrogens with zero attached hydrogens (tertiary/aromatic N) is 2. The Morgan fingerprint density at radius 3 is 2.86 bits per heavy atom. The number of sulfonamides is 1. The summed E-state index contributed by atoms with van der Waals surface area (Å²) in [7, 11) is -3.17. The van der Waals surface area contributed by atoms with Crippen molar-refractivity contribution >= 4 is 15.7 Å². The molecule has 0 unspecified atom stereocenters. The highest BCUT2D eigenvalue weighted by atomic mass is 32.2. The van der Waals surface area contributed by atoms with Gasteiger partial charge in [-0.15, -0.1) is 0 Å². The third kappa shape index (κ3) is 3.39. The lowest BCUT2D eigenvalue weighted by atomic mass is 9.86. The topological polar surface area (TPSA) is 50.3 Å². The van der Waals surface area contributed by atoms with Crippen molar-refractivity contribution in [1.29, 1.82) is 0 Å². The zero-order valence-corrected chi connectivity index (χ0v) is 13.3. The van der Waals surface area contributed by atoms with Crippen LogP contribution in [0.2, 0.25) is 0 Å². The molecule has 1 aromatic heterocycles. The van der Waals surface area contributed by atoms with E-state index in [2.05, 4.69) is 4.98 Å². The lowest BCUT2D eigenvalue weighted by Gasteiger charge is -2.23. The highest BCUT2D eigenvalue weighted by molar-refractivity contribution is 7.92. The van der Waals surface area contributed by atoms with Crippen molar-refractivity contribution in [3.8, 4) is 0 Å². The molecule has 2 heterocycles. The van der Waals surface area contributed by atoms with Crippen LogP contribution in [0.5, 0.6) is 0 Å². The first-order valence-electron chi connectivity index (χ1n) is 8.10. The highest BCUT2D eigenvalue weighted by Crippen LogP contribution is 2.31. The summed E-state index contributed by atoms with van der Waals surface area (Å²) in [5, 5.41) is 0. The predicted octanol–water partition coefficient (Wildman–Crippen LogP) is 3.13. The molecule has 1 fully saturated rings. The van der Waals surface area contributed by atoms with Gasteiger partial charge in [0, 0.05) is 18.9 Å². The Morgan fingerprint density at radius 2 is 2.05 bits per heavy atom.